The van der Waals surface area contributed by atoms with E-state index in [2.05, 4.69) is 15.3 Å². The van der Waals surface area contributed by atoms with E-state index in [-0.39, 0.29) is 17.1 Å². The van der Waals surface area contributed by atoms with Gasteiger partial charge in [-0.3, -0.25) is 4.98 Å². The van der Waals surface area contributed by atoms with E-state index >= 15 is 0 Å². The predicted octanol–water partition coefficient (Wildman–Crippen LogP) is 3.44. The summed E-state index contributed by atoms with van der Waals surface area (Å²) >= 11 is 0. The van der Waals surface area contributed by atoms with Gasteiger partial charge in [0.25, 0.3) is 5.92 Å². The van der Waals surface area contributed by atoms with Gasteiger partial charge < -0.3 is 5.32 Å². The third-order valence-electron chi connectivity index (χ3n) is 2.58. The van der Waals surface area contributed by atoms with Crippen molar-refractivity contribution in [3.8, 4) is 11.3 Å². The summed E-state index contributed by atoms with van der Waals surface area (Å²) in [6, 6.07) is 4.23. The lowest BCUT2D eigenvalue weighted by Gasteiger charge is -2.15. The van der Waals surface area contributed by atoms with Gasteiger partial charge in [0.2, 0.25) is 0 Å². The van der Waals surface area contributed by atoms with E-state index in [0.29, 0.717) is 5.56 Å². The quantitative estimate of drug-likeness (QED) is 0.925. The molecule has 0 aromatic carbocycles. The molecule has 2 aromatic heterocycles. The molecule has 19 heavy (non-hydrogen) atoms. The average molecular weight is 267 g/mol. The number of anilines is 1. The van der Waals surface area contributed by atoms with Gasteiger partial charge >= 0.3 is 0 Å². The van der Waals surface area contributed by atoms with Crippen LogP contribution in [0.15, 0.2) is 30.6 Å². The Morgan fingerprint density at radius 3 is 2.53 bits per heavy atom. The molecule has 0 amide bonds. The Balaban J connectivity index is 2.55. The van der Waals surface area contributed by atoms with Crippen molar-refractivity contribution in [1.29, 1.82) is 0 Å². The summed E-state index contributed by atoms with van der Waals surface area (Å²) in [7, 11) is 1.54. The highest BCUT2D eigenvalue weighted by Gasteiger charge is 2.29. The minimum atomic E-state index is -3.09. The molecule has 0 saturated carbocycles. The number of aromatic nitrogens is 2. The molecular formula is C13H12F3N3. The standard InChI is InChI=1S/C13H12F3N3/c1-13(15,16)12-11(17-2)4-3-10(19-12)8-5-9(14)7-18-6-8/h3-7,17H,1-2H3. The topological polar surface area (TPSA) is 37.8 Å². The molecule has 100 valence electrons. The SMILES string of the molecule is CNc1ccc(-c2cncc(F)c2)nc1C(C)(F)F. The third-order valence-corrected chi connectivity index (χ3v) is 2.58. The summed E-state index contributed by atoms with van der Waals surface area (Å²) in [6.45, 7) is 0.768. The molecule has 2 rings (SSSR count). The van der Waals surface area contributed by atoms with Crippen LogP contribution in [-0.4, -0.2) is 17.0 Å². The summed E-state index contributed by atoms with van der Waals surface area (Å²) in [6.07, 6.45) is 2.42. The number of hydrogen-bond acceptors (Lipinski definition) is 3. The van der Waals surface area contributed by atoms with Crippen molar-refractivity contribution < 1.29 is 13.2 Å². The molecule has 1 N–H and O–H groups in total. The lowest BCUT2D eigenvalue weighted by Crippen LogP contribution is -2.13. The van der Waals surface area contributed by atoms with Crippen LogP contribution in [0.2, 0.25) is 0 Å². The van der Waals surface area contributed by atoms with E-state index in [1.165, 1.54) is 31.4 Å². The Hall–Kier alpha value is -2.11. The fourth-order valence-corrected chi connectivity index (χ4v) is 1.71. The summed E-state index contributed by atoms with van der Waals surface area (Å²) in [5, 5.41) is 2.66. The van der Waals surface area contributed by atoms with E-state index in [4.69, 9.17) is 0 Å². The maximum atomic E-state index is 13.5. The van der Waals surface area contributed by atoms with Crippen LogP contribution in [0.4, 0.5) is 18.9 Å². The Kier molecular flexibility index (Phi) is 3.42. The van der Waals surface area contributed by atoms with Crippen molar-refractivity contribution in [2.24, 2.45) is 0 Å². The minimum absolute atomic E-state index is 0.237. The summed E-state index contributed by atoms with van der Waals surface area (Å²) in [4.78, 5) is 7.58. The first kappa shape index (κ1) is 13.3. The number of nitrogens with one attached hydrogen (secondary N) is 1. The second-order valence-electron chi connectivity index (χ2n) is 4.12. The molecule has 0 saturated heterocycles. The second-order valence-corrected chi connectivity index (χ2v) is 4.12. The molecule has 3 nitrogen and oxygen atoms in total. The van der Waals surface area contributed by atoms with Crippen LogP contribution in [0.1, 0.15) is 12.6 Å². The summed E-state index contributed by atoms with van der Waals surface area (Å²) in [5.74, 6) is -3.63. The Labute approximate surface area is 108 Å². The number of pyridine rings is 2. The van der Waals surface area contributed by atoms with Crippen molar-refractivity contribution in [3.63, 3.8) is 0 Å². The number of nitrogens with zero attached hydrogens (tertiary/aromatic N) is 2. The maximum Gasteiger partial charge on any atom is 0.289 e. The molecule has 0 bridgehead atoms. The van der Waals surface area contributed by atoms with Crippen molar-refractivity contribution >= 4 is 5.69 Å². The highest BCUT2D eigenvalue weighted by Crippen LogP contribution is 2.33. The first-order valence-electron chi connectivity index (χ1n) is 5.60. The Morgan fingerprint density at radius 1 is 1.21 bits per heavy atom. The zero-order chi connectivity index (χ0) is 14.0. The van der Waals surface area contributed by atoms with Crippen molar-refractivity contribution in [3.05, 3.63) is 42.1 Å². The zero-order valence-corrected chi connectivity index (χ0v) is 10.4. The van der Waals surface area contributed by atoms with Gasteiger partial charge in [0.05, 0.1) is 17.6 Å². The van der Waals surface area contributed by atoms with Gasteiger partial charge in [0.1, 0.15) is 11.5 Å². The summed E-state index contributed by atoms with van der Waals surface area (Å²) in [5.41, 5.74) is 0.466. The van der Waals surface area contributed by atoms with Crippen molar-refractivity contribution in [2.45, 2.75) is 12.8 Å². The maximum absolute atomic E-state index is 13.5. The van der Waals surface area contributed by atoms with Crippen LogP contribution < -0.4 is 5.32 Å². The van der Waals surface area contributed by atoms with Gasteiger partial charge in [-0.2, -0.15) is 8.78 Å². The molecule has 6 heteroatoms. The first-order valence-corrected chi connectivity index (χ1v) is 5.60. The number of halogens is 3. The molecular weight excluding hydrogens is 255 g/mol. The second kappa shape index (κ2) is 4.87. The molecule has 0 atom stereocenters. The molecule has 2 aromatic rings. The smallest absolute Gasteiger partial charge is 0.289 e. The van der Waals surface area contributed by atoms with E-state index in [1.807, 2.05) is 0 Å². The largest absolute Gasteiger partial charge is 0.386 e. The fraction of sp³-hybridized carbons (Fsp3) is 0.231. The van der Waals surface area contributed by atoms with Gasteiger partial charge in [-0.1, -0.05) is 0 Å². The minimum Gasteiger partial charge on any atom is -0.386 e. The van der Waals surface area contributed by atoms with Crippen LogP contribution >= 0.6 is 0 Å². The Morgan fingerprint density at radius 2 is 1.95 bits per heavy atom. The van der Waals surface area contributed by atoms with Gasteiger partial charge in [-0.15, -0.1) is 0 Å². The average Bonchev–Trinajstić information content (AvgIpc) is 2.37. The lowest BCUT2D eigenvalue weighted by atomic mass is 10.1. The zero-order valence-electron chi connectivity index (χ0n) is 10.4. The molecule has 0 aliphatic heterocycles. The van der Waals surface area contributed by atoms with Crippen LogP contribution in [0.25, 0.3) is 11.3 Å². The van der Waals surface area contributed by atoms with Crippen molar-refractivity contribution in [1.82, 2.24) is 9.97 Å². The van der Waals surface area contributed by atoms with Gasteiger partial charge in [0.15, 0.2) is 0 Å². The summed E-state index contributed by atoms with van der Waals surface area (Å²) < 4.78 is 40.1. The van der Waals surface area contributed by atoms with E-state index < -0.39 is 11.7 Å². The van der Waals surface area contributed by atoms with Crippen LogP contribution in [0.3, 0.4) is 0 Å². The van der Waals surface area contributed by atoms with Gasteiger partial charge in [-0.05, 0) is 18.2 Å². The monoisotopic (exact) mass is 267 g/mol. The lowest BCUT2D eigenvalue weighted by molar-refractivity contribution is 0.0137. The normalized spacial score (nSPS) is 11.4. The van der Waals surface area contributed by atoms with E-state index in [1.54, 1.807) is 0 Å². The molecule has 2 heterocycles. The van der Waals surface area contributed by atoms with Crippen LogP contribution in [0.5, 0.6) is 0 Å². The highest BCUT2D eigenvalue weighted by atomic mass is 19.3. The number of alkyl halides is 2. The van der Waals surface area contributed by atoms with Gasteiger partial charge in [0, 0.05) is 25.7 Å². The molecule has 0 spiro atoms. The molecule has 0 aliphatic carbocycles. The number of rotatable bonds is 3. The molecule has 0 radical (unpaired) electrons. The molecule has 0 unspecified atom stereocenters. The number of hydrogen-bond donors (Lipinski definition) is 1. The predicted molar refractivity (Wildman–Crippen MR) is 66.5 cm³/mol. The Bertz CT molecular complexity index is 594. The highest BCUT2D eigenvalue weighted by molar-refractivity contribution is 5.62. The van der Waals surface area contributed by atoms with Crippen LogP contribution in [0, 0.1) is 5.82 Å². The third kappa shape index (κ3) is 2.83. The van der Waals surface area contributed by atoms with E-state index in [0.717, 1.165) is 13.1 Å². The van der Waals surface area contributed by atoms with E-state index in [9.17, 15) is 13.2 Å². The fourth-order valence-electron chi connectivity index (χ4n) is 1.71. The molecule has 0 aliphatic rings. The first-order chi connectivity index (χ1) is 8.91. The van der Waals surface area contributed by atoms with Gasteiger partial charge in [-0.25, -0.2) is 9.37 Å². The van der Waals surface area contributed by atoms with Crippen molar-refractivity contribution in [2.75, 3.05) is 12.4 Å². The molecule has 0 fully saturated rings. The van der Waals surface area contributed by atoms with Crippen LogP contribution in [-0.2, 0) is 5.92 Å².